The molecule has 1 amide bonds. The van der Waals surface area contributed by atoms with Crippen LogP contribution in [0.25, 0.3) is 0 Å². The molecule has 1 heterocycles. The Balaban J connectivity index is 2.45. The van der Waals surface area contributed by atoms with Crippen molar-refractivity contribution in [3.63, 3.8) is 0 Å². The van der Waals surface area contributed by atoms with Crippen molar-refractivity contribution in [1.29, 1.82) is 0 Å². The quantitative estimate of drug-likeness (QED) is 0.371. The molecule has 14 heavy (non-hydrogen) atoms. The zero-order valence-electron chi connectivity index (χ0n) is 8.12. The van der Waals surface area contributed by atoms with Crippen LogP contribution < -0.4 is 10.6 Å². The molecule has 1 saturated heterocycles. The lowest BCUT2D eigenvalue weighted by molar-refractivity contribution is -0.117. The summed E-state index contributed by atoms with van der Waals surface area (Å²) in [7, 11) is 0. The highest BCUT2D eigenvalue weighted by Crippen LogP contribution is 2.11. The molecule has 0 aromatic rings. The molecule has 0 bridgehead atoms. The monoisotopic (exact) mass is 194 g/mol. The summed E-state index contributed by atoms with van der Waals surface area (Å²) in [5, 5.41) is 5.92. The smallest absolute Gasteiger partial charge is 0.244 e. The molecule has 4 heteroatoms. The minimum absolute atomic E-state index is 0.0335. The normalized spacial score (nSPS) is 26.8. The highest BCUT2D eigenvalue weighted by Gasteiger charge is 2.25. The van der Waals surface area contributed by atoms with Crippen LogP contribution in [0, 0.1) is 0 Å². The molecular weight excluding hydrogens is 180 g/mol. The van der Waals surface area contributed by atoms with E-state index in [4.69, 9.17) is 0 Å². The van der Waals surface area contributed by atoms with E-state index >= 15 is 0 Å². The molecule has 2 atom stereocenters. The molecule has 1 rings (SSSR count). The van der Waals surface area contributed by atoms with E-state index < -0.39 is 0 Å². The second-order valence-electron chi connectivity index (χ2n) is 3.26. The standard InChI is InChI=1S/C10H14N2O2/c1-7-8(2)11-6-9(7)12-10(14)4-3-5-13/h3-5,8-9,11H,1,6H2,2H3,(H,12,14)/b4-3-. The molecule has 0 radical (unpaired) electrons. The fourth-order valence-corrected chi connectivity index (χ4v) is 1.35. The molecule has 4 nitrogen and oxygen atoms in total. The topological polar surface area (TPSA) is 58.2 Å². The van der Waals surface area contributed by atoms with E-state index in [0.717, 1.165) is 5.57 Å². The summed E-state index contributed by atoms with van der Waals surface area (Å²) < 4.78 is 0. The van der Waals surface area contributed by atoms with Crippen LogP contribution in [0.3, 0.4) is 0 Å². The van der Waals surface area contributed by atoms with Crippen molar-refractivity contribution in [3.8, 4) is 0 Å². The highest BCUT2D eigenvalue weighted by atomic mass is 16.1. The lowest BCUT2D eigenvalue weighted by atomic mass is 10.1. The molecule has 0 aromatic heterocycles. The summed E-state index contributed by atoms with van der Waals surface area (Å²) in [5.41, 5.74) is 0.970. The number of hydrogen-bond acceptors (Lipinski definition) is 3. The largest absolute Gasteiger partial charge is 0.345 e. The third-order valence-electron chi connectivity index (χ3n) is 2.27. The van der Waals surface area contributed by atoms with Gasteiger partial charge in [-0.15, -0.1) is 0 Å². The minimum atomic E-state index is -0.265. The number of carbonyl (C=O) groups is 2. The van der Waals surface area contributed by atoms with Gasteiger partial charge in [-0.2, -0.15) is 0 Å². The first kappa shape index (κ1) is 10.7. The van der Waals surface area contributed by atoms with Crippen LogP contribution >= 0.6 is 0 Å². The number of aldehydes is 1. The van der Waals surface area contributed by atoms with E-state index in [-0.39, 0.29) is 18.0 Å². The van der Waals surface area contributed by atoms with Gasteiger partial charge in [0.15, 0.2) is 0 Å². The molecule has 1 aliphatic heterocycles. The van der Waals surface area contributed by atoms with Crippen LogP contribution in [0.15, 0.2) is 24.3 Å². The molecule has 1 aliphatic rings. The van der Waals surface area contributed by atoms with Gasteiger partial charge in [0.05, 0.1) is 6.04 Å². The van der Waals surface area contributed by atoms with Gasteiger partial charge in [0, 0.05) is 18.7 Å². The minimum Gasteiger partial charge on any atom is -0.345 e. The Morgan fingerprint density at radius 1 is 1.71 bits per heavy atom. The van der Waals surface area contributed by atoms with Crippen molar-refractivity contribution in [2.24, 2.45) is 0 Å². The number of amides is 1. The Bertz CT molecular complexity index is 284. The Hall–Kier alpha value is -1.42. The number of allylic oxidation sites excluding steroid dienone is 1. The van der Waals surface area contributed by atoms with Crippen LogP contribution in [0.4, 0.5) is 0 Å². The van der Waals surface area contributed by atoms with Gasteiger partial charge < -0.3 is 10.6 Å². The lowest BCUT2D eigenvalue weighted by Gasteiger charge is -2.11. The Labute approximate surface area is 83.1 Å². The van der Waals surface area contributed by atoms with Gasteiger partial charge in [0.25, 0.3) is 0 Å². The van der Waals surface area contributed by atoms with Crippen LogP contribution in [0.1, 0.15) is 6.92 Å². The Morgan fingerprint density at radius 2 is 2.43 bits per heavy atom. The third kappa shape index (κ3) is 2.53. The Kier molecular flexibility index (Phi) is 3.59. The van der Waals surface area contributed by atoms with E-state index in [2.05, 4.69) is 17.2 Å². The molecule has 2 N–H and O–H groups in total. The van der Waals surface area contributed by atoms with Crippen molar-refractivity contribution in [2.75, 3.05) is 6.54 Å². The summed E-state index contributed by atoms with van der Waals surface area (Å²) in [5.74, 6) is -0.265. The first-order valence-electron chi connectivity index (χ1n) is 4.49. The van der Waals surface area contributed by atoms with E-state index in [0.29, 0.717) is 12.8 Å². The van der Waals surface area contributed by atoms with Crippen molar-refractivity contribution in [3.05, 3.63) is 24.3 Å². The number of rotatable bonds is 3. The summed E-state index contributed by atoms with van der Waals surface area (Å²) >= 11 is 0. The summed E-state index contributed by atoms with van der Waals surface area (Å²) in [4.78, 5) is 21.2. The van der Waals surface area contributed by atoms with Gasteiger partial charge in [-0.05, 0) is 18.6 Å². The van der Waals surface area contributed by atoms with Gasteiger partial charge in [-0.25, -0.2) is 0 Å². The number of nitrogens with one attached hydrogen (secondary N) is 2. The second-order valence-corrected chi connectivity index (χ2v) is 3.26. The molecule has 0 spiro atoms. The first-order valence-corrected chi connectivity index (χ1v) is 4.49. The number of carbonyl (C=O) groups excluding carboxylic acids is 2. The maximum absolute atomic E-state index is 11.2. The van der Waals surface area contributed by atoms with Crippen molar-refractivity contribution < 1.29 is 9.59 Å². The maximum Gasteiger partial charge on any atom is 0.244 e. The van der Waals surface area contributed by atoms with Gasteiger partial charge in [-0.3, -0.25) is 9.59 Å². The van der Waals surface area contributed by atoms with Crippen molar-refractivity contribution >= 4 is 12.2 Å². The van der Waals surface area contributed by atoms with E-state index in [9.17, 15) is 9.59 Å². The van der Waals surface area contributed by atoms with Gasteiger partial charge >= 0.3 is 0 Å². The zero-order chi connectivity index (χ0) is 10.6. The van der Waals surface area contributed by atoms with E-state index in [1.165, 1.54) is 12.2 Å². The van der Waals surface area contributed by atoms with Gasteiger partial charge in [-0.1, -0.05) is 6.58 Å². The summed E-state index contributed by atoms with van der Waals surface area (Å²) in [6.07, 6.45) is 2.96. The summed E-state index contributed by atoms with van der Waals surface area (Å²) in [6.45, 7) is 6.57. The predicted octanol–water partition coefficient (Wildman–Crippen LogP) is -0.226. The average Bonchev–Trinajstić information content (AvgIpc) is 2.46. The van der Waals surface area contributed by atoms with Gasteiger partial charge in [0.2, 0.25) is 5.91 Å². The molecule has 0 aromatic carbocycles. The van der Waals surface area contributed by atoms with Crippen LogP contribution in [-0.2, 0) is 9.59 Å². The fourth-order valence-electron chi connectivity index (χ4n) is 1.35. The molecule has 76 valence electrons. The van der Waals surface area contributed by atoms with E-state index in [1.54, 1.807) is 0 Å². The maximum atomic E-state index is 11.2. The van der Waals surface area contributed by atoms with E-state index in [1.807, 2.05) is 6.92 Å². The fraction of sp³-hybridized carbons (Fsp3) is 0.400. The molecule has 1 fully saturated rings. The Morgan fingerprint density at radius 3 is 2.93 bits per heavy atom. The second kappa shape index (κ2) is 4.72. The molecular formula is C10H14N2O2. The SMILES string of the molecule is C=C1C(C)NCC1NC(=O)/C=C\C=O. The molecule has 0 aliphatic carbocycles. The van der Waals surface area contributed by atoms with Crippen LogP contribution in [0.5, 0.6) is 0 Å². The summed E-state index contributed by atoms with van der Waals surface area (Å²) in [6, 6.07) is 0.198. The average molecular weight is 194 g/mol. The predicted molar refractivity (Wildman–Crippen MR) is 53.7 cm³/mol. The van der Waals surface area contributed by atoms with Crippen molar-refractivity contribution in [2.45, 2.75) is 19.0 Å². The first-order chi connectivity index (χ1) is 6.65. The highest BCUT2D eigenvalue weighted by molar-refractivity contribution is 5.91. The van der Waals surface area contributed by atoms with Gasteiger partial charge in [0.1, 0.15) is 6.29 Å². The zero-order valence-corrected chi connectivity index (χ0v) is 8.12. The van der Waals surface area contributed by atoms with Crippen LogP contribution in [0.2, 0.25) is 0 Å². The van der Waals surface area contributed by atoms with Crippen LogP contribution in [-0.4, -0.2) is 30.8 Å². The van der Waals surface area contributed by atoms with Crippen molar-refractivity contribution in [1.82, 2.24) is 10.6 Å². The molecule has 2 unspecified atom stereocenters. The number of hydrogen-bond donors (Lipinski definition) is 2. The third-order valence-corrected chi connectivity index (χ3v) is 2.27. The lowest BCUT2D eigenvalue weighted by Crippen LogP contribution is -2.36. The molecule has 0 saturated carbocycles.